The van der Waals surface area contributed by atoms with Gasteiger partial charge < -0.3 is 9.80 Å². The number of carbonyl (C=O) groups is 2. The Morgan fingerprint density at radius 2 is 0.636 bits per heavy atom. The molecule has 2 aliphatic rings. The molecule has 0 aromatic carbocycles. The Morgan fingerprint density at radius 1 is 0.379 bits per heavy atom. The van der Waals surface area contributed by atoms with E-state index in [0.717, 1.165) is 46.8 Å². The van der Waals surface area contributed by atoms with Crippen LogP contribution in [0.3, 0.4) is 0 Å². The van der Waals surface area contributed by atoms with Crippen LogP contribution in [0, 0.1) is 11.8 Å². The van der Waals surface area contributed by atoms with Crippen LogP contribution in [0.15, 0.2) is 35.4 Å². The van der Waals surface area contributed by atoms with E-state index in [9.17, 15) is 0 Å². The van der Waals surface area contributed by atoms with Gasteiger partial charge in [-0.05, 0) is 73.6 Å². The summed E-state index contributed by atoms with van der Waals surface area (Å²) in [5, 5.41) is 0. The third-order valence-corrected chi connectivity index (χ3v) is 17.6. The summed E-state index contributed by atoms with van der Waals surface area (Å²) in [4.78, 5) is 40.3. The van der Waals surface area contributed by atoms with Crippen LogP contribution in [0.25, 0.3) is 11.4 Å². The van der Waals surface area contributed by atoms with Crippen molar-refractivity contribution in [1.82, 2.24) is 9.80 Å². The molecule has 66 heavy (non-hydrogen) atoms. The second-order valence-corrected chi connectivity index (χ2v) is 23.6. The van der Waals surface area contributed by atoms with Gasteiger partial charge in [-0.1, -0.05) is 235 Å². The van der Waals surface area contributed by atoms with E-state index in [-0.39, 0.29) is 11.8 Å². The van der Waals surface area contributed by atoms with E-state index in [1.807, 2.05) is 0 Å². The van der Waals surface area contributed by atoms with E-state index in [4.69, 9.17) is 0 Å². The number of hydrogen-bond acceptors (Lipinski definition) is 4. The Labute approximate surface area is 415 Å². The number of hydrogen-bond donors (Lipinski definition) is 0. The van der Waals surface area contributed by atoms with Gasteiger partial charge in [-0.2, -0.15) is 0 Å². The third-order valence-electron chi connectivity index (χ3n) is 14.8. The van der Waals surface area contributed by atoms with E-state index in [0.29, 0.717) is 47.9 Å². The van der Waals surface area contributed by atoms with E-state index < -0.39 is 0 Å². The lowest BCUT2D eigenvalue weighted by Gasteiger charge is -2.29. The molecule has 4 heterocycles. The minimum absolute atomic E-state index is 0.0734. The SMILES string of the molecule is CCCCCCCCCCC(CCCCCCCC)CN1C(=O)C2=C(c3ccc(C(C)C)s3)N(CC(CCCCCCCC)CCCCCCCCCC)C(=O)C2=C1c1ccc(C(C)C)s1. The summed E-state index contributed by atoms with van der Waals surface area (Å²) in [6.07, 6.45) is 41.2. The van der Waals surface area contributed by atoms with Crippen LogP contribution in [0.5, 0.6) is 0 Å². The summed E-state index contributed by atoms with van der Waals surface area (Å²) >= 11 is 3.60. The van der Waals surface area contributed by atoms with E-state index >= 15 is 9.59 Å². The highest BCUT2D eigenvalue weighted by Gasteiger charge is 2.50. The number of thiophene rings is 2. The molecule has 0 aliphatic carbocycles. The normalized spacial score (nSPS) is 15.2. The molecule has 0 spiro atoms. The largest absolute Gasteiger partial charge is 0.306 e. The molecule has 0 radical (unpaired) electrons. The maximum Gasteiger partial charge on any atom is 0.261 e. The van der Waals surface area contributed by atoms with Gasteiger partial charge in [0.2, 0.25) is 0 Å². The summed E-state index contributed by atoms with van der Waals surface area (Å²) in [5.74, 6) is 1.79. The molecular weight excluding hydrogens is 845 g/mol. The molecule has 0 saturated heterocycles. The zero-order chi connectivity index (χ0) is 47.5. The first kappa shape index (κ1) is 56.4. The molecule has 6 heteroatoms. The third kappa shape index (κ3) is 18.3. The number of rotatable bonds is 40. The molecule has 0 saturated carbocycles. The first-order chi connectivity index (χ1) is 32.2. The Morgan fingerprint density at radius 3 is 0.879 bits per heavy atom. The first-order valence-corrected chi connectivity index (χ1v) is 30.1. The molecule has 0 N–H and O–H groups in total. The molecule has 0 fully saturated rings. The van der Waals surface area contributed by atoms with Crippen molar-refractivity contribution in [2.45, 2.75) is 273 Å². The van der Waals surface area contributed by atoms with Crippen molar-refractivity contribution in [2.75, 3.05) is 13.1 Å². The lowest BCUT2D eigenvalue weighted by atomic mass is 9.93. The average molecular weight is 946 g/mol. The van der Waals surface area contributed by atoms with E-state index in [1.165, 1.54) is 190 Å². The zero-order valence-electron chi connectivity index (χ0n) is 44.2. The molecule has 2 aliphatic heterocycles. The second kappa shape index (κ2) is 32.6. The number of amides is 2. The summed E-state index contributed by atoms with van der Waals surface area (Å²) < 4.78 is 0. The van der Waals surface area contributed by atoms with Crippen molar-refractivity contribution in [3.05, 3.63) is 54.9 Å². The monoisotopic (exact) mass is 945 g/mol. The van der Waals surface area contributed by atoms with Gasteiger partial charge in [0.15, 0.2) is 0 Å². The fourth-order valence-electron chi connectivity index (χ4n) is 10.6. The predicted molar refractivity (Wildman–Crippen MR) is 292 cm³/mol. The van der Waals surface area contributed by atoms with Crippen LogP contribution in [-0.2, 0) is 9.59 Å². The molecule has 0 bridgehead atoms. The Bertz CT molecular complexity index is 1590. The maximum atomic E-state index is 15.6. The molecule has 2 atom stereocenters. The van der Waals surface area contributed by atoms with Gasteiger partial charge >= 0.3 is 0 Å². The summed E-state index contributed by atoms with van der Waals surface area (Å²) in [6.45, 7) is 19.7. The predicted octanol–water partition coefficient (Wildman–Crippen LogP) is 19.7. The molecule has 2 amide bonds. The lowest BCUT2D eigenvalue weighted by molar-refractivity contribution is -0.124. The van der Waals surface area contributed by atoms with Gasteiger partial charge in [0.05, 0.1) is 32.3 Å². The number of unbranched alkanes of at least 4 members (excludes halogenated alkanes) is 24. The fraction of sp³-hybridized carbons (Fsp3) is 0.767. The molecule has 2 unspecified atom stereocenters. The van der Waals surface area contributed by atoms with Gasteiger partial charge in [-0.15, -0.1) is 22.7 Å². The van der Waals surface area contributed by atoms with Crippen LogP contribution in [-0.4, -0.2) is 34.7 Å². The van der Waals surface area contributed by atoms with Crippen molar-refractivity contribution in [3.63, 3.8) is 0 Å². The highest BCUT2D eigenvalue weighted by Crippen LogP contribution is 2.50. The minimum atomic E-state index is 0.0734. The molecular formula is C60H100N2O2S2. The number of nitrogens with zero attached hydrogens (tertiary/aromatic N) is 2. The van der Waals surface area contributed by atoms with Crippen LogP contribution in [0.1, 0.15) is 292 Å². The van der Waals surface area contributed by atoms with Gasteiger partial charge in [0.1, 0.15) is 0 Å². The van der Waals surface area contributed by atoms with Crippen molar-refractivity contribution < 1.29 is 9.59 Å². The average Bonchev–Trinajstić information content (AvgIpc) is 4.10. The maximum absolute atomic E-state index is 15.6. The highest BCUT2D eigenvalue weighted by atomic mass is 32.1. The number of fused-ring (bicyclic) bond motifs is 1. The topological polar surface area (TPSA) is 40.6 Å². The Balaban J connectivity index is 1.70. The van der Waals surface area contributed by atoms with Crippen molar-refractivity contribution in [3.8, 4) is 0 Å². The molecule has 374 valence electrons. The van der Waals surface area contributed by atoms with Crippen LogP contribution >= 0.6 is 22.7 Å². The standard InChI is InChI=1S/C60H100N2O2S2/c1-9-13-17-21-25-27-31-35-39-49(37-33-29-23-19-15-11-3)45-61-57(53-43-41-51(65-53)47(5)6)55-56(59(61)63)58(54-44-42-52(66-54)48(7)8)62(60(55)64)46-50(38-34-30-24-20-16-12-4)40-36-32-28-26-22-18-14-10-2/h41-44,47-50H,9-40,45-46H2,1-8H3. The van der Waals surface area contributed by atoms with E-state index in [2.05, 4.69) is 89.5 Å². The van der Waals surface area contributed by atoms with Crippen LogP contribution in [0.2, 0.25) is 0 Å². The van der Waals surface area contributed by atoms with Crippen molar-refractivity contribution in [1.29, 1.82) is 0 Å². The molecule has 2 aromatic rings. The van der Waals surface area contributed by atoms with Crippen molar-refractivity contribution in [2.24, 2.45) is 11.8 Å². The fourth-order valence-corrected chi connectivity index (χ4v) is 12.7. The Hall–Kier alpha value is -2.18. The zero-order valence-corrected chi connectivity index (χ0v) is 45.8. The van der Waals surface area contributed by atoms with Crippen molar-refractivity contribution >= 4 is 45.9 Å². The van der Waals surface area contributed by atoms with E-state index in [1.54, 1.807) is 22.7 Å². The highest BCUT2D eigenvalue weighted by molar-refractivity contribution is 7.13. The molecule has 2 aromatic heterocycles. The molecule has 4 rings (SSSR count). The van der Waals surface area contributed by atoms with Crippen LogP contribution in [0.4, 0.5) is 0 Å². The van der Waals surface area contributed by atoms with Gasteiger partial charge in [-0.25, -0.2) is 0 Å². The first-order valence-electron chi connectivity index (χ1n) is 28.5. The smallest absolute Gasteiger partial charge is 0.261 e. The summed E-state index contributed by atoms with van der Waals surface area (Å²) in [5.41, 5.74) is 3.22. The van der Waals surface area contributed by atoms with Gasteiger partial charge in [-0.3, -0.25) is 9.59 Å². The molecule has 4 nitrogen and oxygen atoms in total. The lowest BCUT2D eigenvalue weighted by Crippen LogP contribution is -2.34. The number of carbonyl (C=O) groups excluding carboxylic acids is 2. The Kier molecular flexibility index (Phi) is 27.9. The van der Waals surface area contributed by atoms with Crippen LogP contribution < -0.4 is 0 Å². The summed E-state index contributed by atoms with van der Waals surface area (Å²) in [6, 6.07) is 8.97. The van der Waals surface area contributed by atoms with Gasteiger partial charge in [0, 0.05) is 22.8 Å². The van der Waals surface area contributed by atoms with Gasteiger partial charge in [0.25, 0.3) is 11.8 Å². The second-order valence-electron chi connectivity index (χ2n) is 21.4. The summed E-state index contributed by atoms with van der Waals surface area (Å²) in [7, 11) is 0. The quantitative estimate of drug-likeness (QED) is 0.0625. The minimum Gasteiger partial charge on any atom is -0.306 e.